The van der Waals surface area contributed by atoms with Gasteiger partial charge in [0.05, 0.1) is 24.4 Å². The quantitative estimate of drug-likeness (QED) is 0.754. The summed E-state index contributed by atoms with van der Waals surface area (Å²) in [5.41, 5.74) is 0. The van der Waals surface area contributed by atoms with Gasteiger partial charge in [-0.1, -0.05) is 0 Å². The molecule has 2 rings (SSSR count). The van der Waals surface area contributed by atoms with Crippen LogP contribution in [0.25, 0.3) is 0 Å². The number of aliphatic hydroxyl groups is 2. The maximum absolute atomic E-state index is 9.96. The first-order chi connectivity index (χ1) is 7.81. The molecule has 2 heterocycles. The molecule has 0 aromatic rings. The Hall–Kier alpha value is -0.160. The molecule has 2 aliphatic heterocycles. The summed E-state index contributed by atoms with van der Waals surface area (Å²) < 4.78 is 11.6. The van der Waals surface area contributed by atoms with Crippen molar-refractivity contribution < 1.29 is 19.7 Å². The average molecular weight is 230 g/mol. The van der Waals surface area contributed by atoms with E-state index in [1.807, 2.05) is 0 Å². The molecule has 4 atom stereocenters. The summed E-state index contributed by atoms with van der Waals surface area (Å²) in [6, 6.07) is 0. The van der Waals surface area contributed by atoms with Gasteiger partial charge in [0.25, 0.3) is 0 Å². The molecule has 4 nitrogen and oxygen atoms in total. The minimum atomic E-state index is -0.402. The maximum atomic E-state index is 9.96. The molecule has 16 heavy (non-hydrogen) atoms. The van der Waals surface area contributed by atoms with Crippen LogP contribution in [0.2, 0.25) is 0 Å². The maximum Gasteiger partial charge on any atom is 0.0842 e. The van der Waals surface area contributed by atoms with Crippen molar-refractivity contribution in [1.29, 1.82) is 0 Å². The van der Waals surface area contributed by atoms with E-state index in [0.717, 1.165) is 38.7 Å². The summed E-state index contributed by atoms with van der Waals surface area (Å²) >= 11 is 0. The Morgan fingerprint density at radius 2 is 2.00 bits per heavy atom. The monoisotopic (exact) mass is 230 g/mol. The van der Waals surface area contributed by atoms with Crippen LogP contribution in [0.1, 0.15) is 38.5 Å². The Morgan fingerprint density at radius 1 is 1.12 bits per heavy atom. The first-order valence-electron chi connectivity index (χ1n) is 6.37. The summed E-state index contributed by atoms with van der Waals surface area (Å²) in [6.45, 7) is 0.985. The van der Waals surface area contributed by atoms with E-state index in [-0.39, 0.29) is 24.9 Å². The van der Waals surface area contributed by atoms with Crippen LogP contribution < -0.4 is 0 Å². The van der Waals surface area contributed by atoms with Crippen molar-refractivity contribution in [2.24, 2.45) is 0 Å². The molecule has 0 radical (unpaired) electrons. The highest BCUT2D eigenvalue weighted by molar-refractivity contribution is 4.84. The van der Waals surface area contributed by atoms with Crippen LogP contribution in [0.15, 0.2) is 0 Å². The summed E-state index contributed by atoms with van der Waals surface area (Å²) in [4.78, 5) is 0. The average Bonchev–Trinajstić information content (AvgIpc) is 2.47. The largest absolute Gasteiger partial charge is 0.396 e. The van der Waals surface area contributed by atoms with Gasteiger partial charge in [-0.25, -0.2) is 0 Å². The number of ether oxygens (including phenoxy) is 2. The van der Waals surface area contributed by atoms with Crippen LogP contribution in [0.4, 0.5) is 0 Å². The van der Waals surface area contributed by atoms with Crippen LogP contribution >= 0.6 is 0 Å². The molecule has 4 heteroatoms. The highest BCUT2D eigenvalue weighted by Crippen LogP contribution is 2.29. The van der Waals surface area contributed by atoms with Crippen molar-refractivity contribution in [3.8, 4) is 0 Å². The van der Waals surface area contributed by atoms with Gasteiger partial charge in [-0.15, -0.1) is 0 Å². The Balaban J connectivity index is 1.92. The zero-order valence-corrected chi connectivity index (χ0v) is 9.68. The highest BCUT2D eigenvalue weighted by Gasteiger charge is 2.35. The number of aliphatic hydroxyl groups excluding tert-OH is 2. The zero-order chi connectivity index (χ0) is 11.4. The minimum absolute atomic E-state index is 0.121. The first kappa shape index (κ1) is 12.3. The van der Waals surface area contributed by atoms with E-state index in [4.69, 9.17) is 14.6 Å². The molecule has 2 N–H and O–H groups in total. The smallest absolute Gasteiger partial charge is 0.0842 e. The van der Waals surface area contributed by atoms with Crippen molar-refractivity contribution in [1.82, 2.24) is 0 Å². The van der Waals surface area contributed by atoms with E-state index in [1.54, 1.807) is 0 Å². The SMILES string of the molecule is OCCC[C@H]1O[C@H]2CCCO[C@@H]2CC[C@@H]1O. The van der Waals surface area contributed by atoms with Crippen molar-refractivity contribution in [3.63, 3.8) is 0 Å². The lowest BCUT2D eigenvalue weighted by Gasteiger charge is -2.31. The van der Waals surface area contributed by atoms with Crippen LogP contribution in [0.3, 0.4) is 0 Å². The molecule has 0 spiro atoms. The van der Waals surface area contributed by atoms with Gasteiger partial charge < -0.3 is 19.7 Å². The van der Waals surface area contributed by atoms with Gasteiger partial charge in [-0.2, -0.15) is 0 Å². The Bertz CT molecular complexity index is 209. The van der Waals surface area contributed by atoms with E-state index in [9.17, 15) is 5.11 Å². The molecule has 0 bridgehead atoms. The number of hydrogen-bond acceptors (Lipinski definition) is 4. The molecule has 0 unspecified atom stereocenters. The Kier molecular flexibility index (Phi) is 4.58. The molecular formula is C12H22O4. The highest BCUT2D eigenvalue weighted by atomic mass is 16.6. The minimum Gasteiger partial charge on any atom is -0.396 e. The van der Waals surface area contributed by atoms with Crippen LogP contribution in [-0.4, -0.2) is 47.8 Å². The van der Waals surface area contributed by atoms with Crippen molar-refractivity contribution in [2.75, 3.05) is 13.2 Å². The molecule has 2 fully saturated rings. The number of rotatable bonds is 3. The summed E-state index contributed by atoms with van der Waals surface area (Å²) in [5, 5.41) is 18.8. The lowest BCUT2D eigenvalue weighted by atomic mass is 10.0. The van der Waals surface area contributed by atoms with E-state index >= 15 is 0 Å². The normalized spacial score (nSPS) is 40.1. The van der Waals surface area contributed by atoms with Crippen LogP contribution in [0.5, 0.6) is 0 Å². The summed E-state index contributed by atoms with van der Waals surface area (Å²) in [7, 11) is 0. The Morgan fingerprint density at radius 3 is 2.81 bits per heavy atom. The van der Waals surface area contributed by atoms with Gasteiger partial charge in [-0.3, -0.25) is 0 Å². The predicted molar refractivity (Wildman–Crippen MR) is 59.2 cm³/mol. The fourth-order valence-electron chi connectivity index (χ4n) is 2.63. The van der Waals surface area contributed by atoms with E-state index in [2.05, 4.69) is 0 Å². The molecule has 0 amide bonds. The van der Waals surface area contributed by atoms with Crippen LogP contribution in [0, 0.1) is 0 Å². The van der Waals surface area contributed by atoms with Gasteiger partial charge in [0.15, 0.2) is 0 Å². The van der Waals surface area contributed by atoms with E-state index < -0.39 is 6.10 Å². The number of fused-ring (bicyclic) bond motifs is 1. The second-order valence-electron chi connectivity index (χ2n) is 4.77. The van der Waals surface area contributed by atoms with E-state index in [0.29, 0.717) is 6.42 Å². The van der Waals surface area contributed by atoms with Crippen molar-refractivity contribution >= 4 is 0 Å². The zero-order valence-electron chi connectivity index (χ0n) is 9.68. The van der Waals surface area contributed by atoms with Crippen LogP contribution in [-0.2, 0) is 9.47 Å². The summed E-state index contributed by atoms with van der Waals surface area (Å²) in [5.74, 6) is 0. The van der Waals surface area contributed by atoms with Gasteiger partial charge in [0.2, 0.25) is 0 Å². The fourth-order valence-corrected chi connectivity index (χ4v) is 2.63. The van der Waals surface area contributed by atoms with Gasteiger partial charge in [-0.05, 0) is 38.5 Å². The molecule has 0 aromatic heterocycles. The first-order valence-corrected chi connectivity index (χ1v) is 6.37. The summed E-state index contributed by atoms with van der Waals surface area (Å²) in [6.07, 6.45) is 4.94. The van der Waals surface area contributed by atoms with E-state index in [1.165, 1.54) is 0 Å². The number of hydrogen-bond donors (Lipinski definition) is 2. The van der Waals surface area contributed by atoms with Gasteiger partial charge >= 0.3 is 0 Å². The van der Waals surface area contributed by atoms with Gasteiger partial charge in [0, 0.05) is 13.2 Å². The third kappa shape index (κ3) is 2.94. The lowest BCUT2D eigenvalue weighted by molar-refractivity contribution is -0.135. The third-order valence-electron chi connectivity index (χ3n) is 3.55. The molecule has 2 aliphatic rings. The fraction of sp³-hybridized carbons (Fsp3) is 1.00. The third-order valence-corrected chi connectivity index (χ3v) is 3.55. The predicted octanol–water partition coefficient (Wildman–Crippen LogP) is 0.846. The standard InChI is InChI=1S/C12H22O4/c13-7-1-3-10-9(14)5-6-11-12(16-10)4-2-8-15-11/h9-14H,1-8H2/t9-,10+,11+,12-/m0/s1. The molecule has 94 valence electrons. The topological polar surface area (TPSA) is 58.9 Å². The lowest BCUT2D eigenvalue weighted by Crippen LogP contribution is -2.38. The van der Waals surface area contributed by atoms with Crippen molar-refractivity contribution in [3.05, 3.63) is 0 Å². The van der Waals surface area contributed by atoms with Crippen molar-refractivity contribution in [2.45, 2.75) is 62.9 Å². The second kappa shape index (κ2) is 5.96. The molecule has 2 saturated heterocycles. The molecular weight excluding hydrogens is 208 g/mol. The second-order valence-corrected chi connectivity index (χ2v) is 4.77. The Labute approximate surface area is 96.6 Å². The molecule has 0 aliphatic carbocycles. The van der Waals surface area contributed by atoms with Gasteiger partial charge in [0.1, 0.15) is 0 Å². The molecule has 0 aromatic carbocycles. The molecule has 0 saturated carbocycles.